The van der Waals surface area contributed by atoms with Gasteiger partial charge in [0.25, 0.3) is 5.91 Å². The Labute approximate surface area is 110 Å². The summed E-state index contributed by atoms with van der Waals surface area (Å²) in [5, 5.41) is 2.58. The van der Waals surface area contributed by atoms with Crippen LogP contribution in [-0.4, -0.2) is 18.0 Å². The molecule has 1 fully saturated rings. The lowest BCUT2D eigenvalue weighted by Gasteiger charge is -2.17. The monoisotopic (exact) mass is 276 g/mol. The molecule has 1 amide bonds. The quantitative estimate of drug-likeness (QED) is 0.868. The van der Waals surface area contributed by atoms with Gasteiger partial charge in [-0.05, 0) is 31.4 Å². The van der Waals surface area contributed by atoms with Gasteiger partial charge in [0.2, 0.25) is 0 Å². The van der Waals surface area contributed by atoms with Crippen LogP contribution in [-0.2, 0) is 0 Å². The minimum atomic E-state index is -0.853. The molecule has 0 spiro atoms. The van der Waals surface area contributed by atoms with Crippen LogP contribution in [0.2, 0.25) is 0 Å². The molecule has 1 aromatic carbocycles. The second-order valence-electron chi connectivity index (χ2n) is 4.27. The first-order valence-corrected chi connectivity index (χ1v) is 5.60. The molecule has 1 aliphatic carbocycles. The average molecular weight is 277 g/mol. The Hall–Kier alpha value is -1.20. The first kappa shape index (κ1) is 14.9. The van der Waals surface area contributed by atoms with Crippen molar-refractivity contribution in [2.75, 3.05) is 0 Å². The Kier molecular flexibility index (Phi) is 5.04. The molecule has 2 unspecified atom stereocenters. The van der Waals surface area contributed by atoms with Gasteiger partial charge in [0.1, 0.15) is 17.2 Å². The summed E-state index contributed by atoms with van der Waals surface area (Å²) in [5.74, 6) is -2.44. The normalized spacial score (nSPS) is 22.4. The van der Waals surface area contributed by atoms with Crippen molar-refractivity contribution in [3.8, 4) is 0 Å². The van der Waals surface area contributed by atoms with Gasteiger partial charge in [0, 0.05) is 12.1 Å². The molecule has 0 heterocycles. The molecule has 0 aromatic heterocycles. The third-order valence-corrected chi connectivity index (χ3v) is 3.08. The summed E-state index contributed by atoms with van der Waals surface area (Å²) in [7, 11) is 0. The third-order valence-electron chi connectivity index (χ3n) is 3.08. The van der Waals surface area contributed by atoms with Crippen molar-refractivity contribution >= 4 is 18.3 Å². The number of nitrogens with one attached hydrogen (secondary N) is 1. The molecule has 3 N–H and O–H groups in total. The van der Waals surface area contributed by atoms with Crippen LogP contribution in [0, 0.1) is 11.6 Å². The fourth-order valence-electron chi connectivity index (χ4n) is 2.12. The lowest BCUT2D eigenvalue weighted by Crippen LogP contribution is -2.44. The third kappa shape index (κ3) is 2.97. The molecular formula is C12H15ClF2N2O. The zero-order chi connectivity index (χ0) is 12.4. The van der Waals surface area contributed by atoms with Crippen LogP contribution in [0.5, 0.6) is 0 Å². The van der Waals surface area contributed by atoms with Crippen molar-refractivity contribution < 1.29 is 13.6 Å². The highest BCUT2D eigenvalue weighted by atomic mass is 35.5. The van der Waals surface area contributed by atoms with E-state index in [9.17, 15) is 13.6 Å². The lowest BCUT2D eigenvalue weighted by molar-refractivity contribution is 0.0926. The summed E-state index contributed by atoms with van der Waals surface area (Å²) in [6.45, 7) is 0. The van der Waals surface area contributed by atoms with Gasteiger partial charge in [-0.2, -0.15) is 0 Å². The van der Waals surface area contributed by atoms with E-state index in [2.05, 4.69) is 5.32 Å². The van der Waals surface area contributed by atoms with Gasteiger partial charge in [0.15, 0.2) is 0 Å². The second kappa shape index (κ2) is 6.11. The van der Waals surface area contributed by atoms with E-state index in [-0.39, 0.29) is 24.5 Å². The van der Waals surface area contributed by atoms with Gasteiger partial charge in [-0.1, -0.05) is 6.07 Å². The molecule has 1 aromatic rings. The molecule has 2 rings (SSSR count). The smallest absolute Gasteiger partial charge is 0.257 e. The largest absolute Gasteiger partial charge is 0.348 e. The van der Waals surface area contributed by atoms with E-state index in [0.29, 0.717) is 0 Å². The van der Waals surface area contributed by atoms with Gasteiger partial charge in [-0.3, -0.25) is 4.79 Å². The van der Waals surface area contributed by atoms with Gasteiger partial charge < -0.3 is 11.1 Å². The molecule has 1 saturated carbocycles. The molecule has 3 nitrogen and oxygen atoms in total. The van der Waals surface area contributed by atoms with Crippen LogP contribution in [0.25, 0.3) is 0 Å². The van der Waals surface area contributed by atoms with Crippen molar-refractivity contribution in [1.29, 1.82) is 0 Å². The first-order chi connectivity index (χ1) is 8.09. The average Bonchev–Trinajstić information content (AvgIpc) is 2.64. The maximum atomic E-state index is 13.3. The number of hydrogen-bond acceptors (Lipinski definition) is 2. The first-order valence-electron chi connectivity index (χ1n) is 5.60. The number of hydrogen-bond donors (Lipinski definition) is 2. The maximum absolute atomic E-state index is 13.3. The van der Waals surface area contributed by atoms with Crippen molar-refractivity contribution in [2.45, 2.75) is 31.3 Å². The molecular weight excluding hydrogens is 262 g/mol. The zero-order valence-corrected chi connectivity index (χ0v) is 10.5. The lowest BCUT2D eigenvalue weighted by atomic mass is 10.1. The van der Waals surface area contributed by atoms with E-state index in [1.54, 1.807) is 0 Å². The fraction of sp³-hybridized carbons (Fsp3) is 0.417. The van der Waals surface area contributed by atoms with E-state index in [4.69, 9.17) is 5.73 Å². The standard InChI is InChI=1S/C12H14F2N2O.ClH/c13-7-3-1-4-8(14)11(7)12(17)16-10-6-2-5-9(10)15;/h1,3-4,9-10H,2,5-6,15H2,(H,16,17);1H. The Morgan fingerprint density at radius 2 is 1.89 bits per heavy atom. The Morgan fingerprint density at radius 1 is 1.28 bits per heavy atom. The highest BCUT2D eigenvalue weighted by Gasteiger charge is 2.27. The number of halogens is 3. The minimum Gasteiger partial charge on any atom is -0.348 e. The SMILES string of the molecule is Cl.NC1CCCC1NC(=O)c1c(F)cccc1F. The number of nitrogens with two attached hydrogens (primary N) is 1. The molecule has 1 aliphatic rings. The van der Waals surface area contributed by atoms with E-state index < -0.39 is 23.1 Å². The van der Waals surface area contributed by atoms with Gasteiger partial charge in [-0.25, -0.2) is 8.78 Å². The van der Waals surface area contributed by atoms with Crippen LogP contribution in [0.15, 0.2) is 18.2 Å². The molecule has 2 atom stereocenters. The van der Waals surface area contributed by atoms with Crippen LogP contribution in [0.4, 0.5) is 8.78 Å². The number of amides is 1. The van der Waals surface area contributed by atoms with Crippen molar-refractivity contribution in [3.63, 3.8) is 0 Å². The predicted molar refractivity (Wildman–Crippen MR) is 66.7 cm³/mol. The summed E-state index contributed by atoms with van der Waals surface area (Å²) in [6.07, 6.45) is 2.50. The number of carbonyl (C=O) groups excluding carboxylic acids is 1. The molecule has 0 saturated heterocycles. The Morgan fingerprint density at radius 3 is 2.39 bits per heavy atom. The van der Waals surface area contributed by atoms with Gasteiger partial charge in [0.05, 0.1) is 0 Å². The van der Waals surface area contributed by atoms with Crippen LogP contribution in [0.3, 0.4) is 0 Å². The topological polar surface area (TPSA) is 55.1 Å². The van der Waals surface area contributed by atoms with Crippen molar-refractivity contribution in [2.24, 2.45) is 5.73 Å². The second-order valence-corrected chi connectivity index (χ2v) is 4.27. The molecule has 0 radical (unpaired) electrons. The maximum Gasteiger partial charge on any atom is 0.257 e. The minimum absolute atomic E-state index is 0. The summed E-state index contributed by atoms with van der Waals surface area (Å²) < 4.78 is 26.7. The highest BCUT2D eigenvalue weighted by Crippen LogP contribution is 2.18. The predicted octanol–water partition coefficient (Wildman–Crippen LogP) is 2.00. The van der Waals surface area contributed by atoms with Crippen LogP contribution in [0.1, 0.15) is 29.6 Å². The van der Waals surface area contributed by atoms with Crippen molar-refractivity contribution in [3.05, 3.63) is 35.4 Å². The zero-order valence-electron chi connectivity index (χ0n) is 9.66. The summed E-state index contributed by atoms with van der Waals surface area (Å²) in [6, 6.07) is 3.03. The van der Waals surface area contributed by atoms with E-state index in [1.807, 2.05) is 0 Å². The number of benzene rings is 1. The van der Waals surface area contributed by atoms with E-state index >= 15 is 0 Å². The van der Waals surface area contributed by atoms with Gasteiger partial charge >= 0.3 is 0 Å². The highest BCUT2D eigenvalue weighted by molar-refractivity contribution is 5.95. The van der Waals surface area contributed by atoms with E-state index in [0.717, 1.165) is 31.4 Å². The molecule has 6 heteroatoms. The molecule has 0 bridgehead atoms. The fourth-order valence-corrected chi connectivity index (χ4v) is 2.12. The van der Waals surface area contributed by atoms with Gasteiger partial charge in [-0.15, -0.1) is 12.4 Å². The van der Waals surface area contributed by atoms with E-state index in [1.165, 1.54) is 6.07 Å². The number of rotatable bonds is 2. The van der Waals surface area contributed by atoms with Crippen LogP contribution >= 0.6 is 12.4 Å². The Bertz CT molecular complexity index is 422. The molecule has 0 aliphatic heterocycles. The Balaban J connectivity index is 0.00000162. The molecule has 100 valence electrons. The number of carbonyl (C=O) groups is 1. The summed E-state index contributed by atoms with van der Waals surface area (Å²) in [4.78, 5) is 11.7. The summed E-state index contributed by atoms with van der Waals surface area (Å²) >= 11 is 0. The summed E-state index contributed by atoms with van der Waals surface area (Å²) in [5.41, 5.74) is 5.24. The molecule has 18 heavy (non-hydrogen) atoms. The van der Waals surface area contributed by atoms with Crippen molar-refractivity contribution in [1.82, 2.24) is 5.32 Å². The van der Waals surface area contributed by atoms with Crippen LogP contribution < -0.4 is 11.1 Å².